The fourth-order valence-corrected chi connectivity index (χ4v) is 5.84. The molecule has 2 heterocycles. The van der Waals surface area contributed by atoms with Gasteiger partial charge in [-0.1, -0.05) is 42.5 Å². The first kappa shape index (κ1) is 30.5. The van der Waals surface area contributed by atoms with E-state index >= 15 is 0 Å². The molecule has 0 saturated carbocycles. The van der Waals surface area contributed by atoms with Crippen LogP contribution in [0.2, 0.25) is 0 Å². The monoisotopic (exact) mass is 604 g/mol. The first-order valence-electron chi connectivity index (χ1n) is 12.6. The maximum atomic E-state index is 13.1. The Morgan fingerprint density at radius 3 is 2.48 bits per heavy atom. The molecule has 5 rings (SSSR count). The summed E-state index contributed by atoms with van der Waals surface area (Å²) in [6.45, 7) is 1.03. The number of rotatable bonds is 7. The van der Waals surface area contributed by atoms with Crippen LogP contribution in [-0.4, -0.2) is 61.7 Å². The Labute approximate surface area is 238 Å². The second-order valence-electron chi connectivity index (χ2n) is 9.48. The number of nitrogens with one attached hydrogen (secondary N) is 1. The van der Waals surface area contributed by atoms with Gasteiger partial charge in [-0.25, -0.2) is 22.9 Å². The standard InChI is InChI=1S/C26H26N4O4S.C2HF3O2/c1-34-25-21-5-3-2-4-18(21)8-10-23(25)35(32,33)28-15-20-12-13-30(26(20)31)16-17-6-7-19-9-11-24(27)29-22(19)14-17;3-2(4,5)1(6)7/h2-11,14,20,28H,12-13,15-16H2,1H3,(H2,27,29);(H,6,7)/t20-;/m0./s1. The number of halogens is 3. The number of methoxy groups -OCH3 is 1. The first-order valence-corrected chi connectivity index (χ1v) is 14.1. The second-order valence-corrected chi connectivity index (χ2v) is 11.2. The second kappa shape index (κ2) is 12.2. The van der Waals surface area contributed by atoms with Crippen LogP contribution < -0.4 is 15.2 Å². The highest BCUT2D eigenvalue weighted by Crippen LogP contribution is 2.33. The number of fused-ring (bicyclic) bond motifs is 2. The molecule has 0 aliphatic carbocycles. The third kappa shape index (κ3) is 6.89. The highest BCUT2D eigenvalue weighted by atomic mass is 32.2. The van der Waals surface area contributed by atoms with Gasteiger partial charge in [0.15, 0.2) is 0 Å². The number of pyridine rings is 1. The van der Waals surface area contributed by atoms with Crippen LogP contribution >= 0.6 is 0 Å². The number of aromatic nitrogens is 1. The number of carbonyl (C=O) groups is 2. The minimum absolute atomic E-state index is 0.0312. The van der Waals surface area contributed by atoms with Crippen molar-refractivity contribution >= 4 is 49.4 Å². The van der Waals surface area contributed by atoms with E-state index in [4.69, 9.17) is 20.4 Å². The van der Waals surface area contributed by atoms with Gasteiger partial charge in [-0.3, -0.25) is 4.79 Å². The number of aliphatic carboxylic acids is 1. The normalized spacial score (nSPS) is 15.5. The van der Waals surface area contributed by atoms with E-state index in [1.165, 1.54) is 13.2 Å². The van der Waals surface area contributed by atoms with E-state index in [1.807, 2.05) is 48.5 Å². The van der Waals surface area contributed by atoms with Crippen molar-refractivity contribution in [3.05, 3.63) is 72.3 Å². The van der Waals surface area contributed by atoms with Gasteiger partial charge in [0.1, 0.15) is 16.5 Å². The Balaban J connectivity index is 0.000000517. The molecule has 0 unspecified atom stereocenters. The molecule has 1 atom stereocenters. The Bertz CT molecular complexity index is 1750. The zero-order valence-corrected chi connectivity index (χ0v) is 23.1. The number of carboxylic acid groups (broad SMARTS) is 1. The summed E-state index contributed by atoms with van der Waals surface area (Å²) < 4.78 is 66.0. The molecule has 1 aliphatic rings. The Hall–Kier alpha value is -4.43. The van der Waals surface area contributed by atoms with Crippen molar-refractivity contribution in [2.24, 2.45) is 5.92 Å². The van der Waals surface area contributed by atoms with Crippen LogP contribution in [-0.2, 0) is 26.2 Å². The molecule has 0 radical (unpaired) electrons. The average molecular weight is 605 g/mol. The van der Waals surface area contributed by atoms with Crippen molar-refractivity contribution in [1.82, 2.24) is 14.6 Å². The summed E-state index contributed by atoms with van der Waals surface area (Å²) >= 11 is 0. The van der Waals surface area contributed by atoms with Crippen LogP contribution in [0, 0.1) is 5.92 Å². The summed E-state index contributed by atoms with van der Waals surface area (Å²) in [5, 5.41) is 9.70. The summed E-state index contributed by atoms with van der Waals surface area (Å²) in [5.74, 6) is -2.51. The number of nitrogens with two attached hydrogens (primary N) is 1. The van der Waals surface area contributed by atoms with Crippen LogP contribution in [0.4, 0.5) is 19.0 Å². The smallest absolute Gasteiger partial charge is 0.490 e. The largest absolute Gasteiger partial charge is 0.495 e. The molecule has 4 N–H and O–H groups in total. The van der Waals surface area contributed by atoms with Gasteiger partial charge in [-0.15, -0.1) is 0 Å². The molecular formula is C28H27F3N4O6S. The Morgan fingerprint density at radius 2 is 1.79 bits per heavy atom. The highest BCUT2D eigenvalue weighted by Gasteiger charge is 2.38. The van der Waals surface area contributed by atoms with Crippen molar-refractivity contribution in [1.29, 1.82) is 0 Å². The van der Waals surface area contributed by atoms with Gasteiger partial charge in [0.05, 0.1) is 18.5 Å². The average Bonchev–Trinajstić information content (AvgIpc) is 3.29. The highest BCUT2D eigenvalue weighted by molar-refractivity contribution is 7.89. The number of carboxylic acids is 1. The predicted octanol–water partition coefficient (Wildman–Crippen LogP) is 3.94. The minimum Gasteiger partial charge on any atom is -0.495 e. The van der Waals surface area contributed by atoms with E-state index in [-0.39, 0.29) is 17.3 Å². The SMILES string of the molecule is COc1c(S(=O)(=O)NC[C@@H]2CCN(Cc3ccc4ccc(N)nc4c3)C2=O)ccc2ccccc12.O=C(O)C(F)(F)F. The van der Waals surface area contributed by atoms with Crippen molar-refractivity contribution in [3.63, 3.8) is 0 Å². The van der Waals surface area contributed by atoms with Gasteiger partial charge < -0.3 is 20.5 Å². The number of nitrogens with zero attached hydrogens (tertiary/aromatic N) is 2. The predicted molar refractivity (Wildman–Crippen MR) is 149 cm³/mol. The summed E-state index contributed by atoms with van der Waals surface area (Å²) in [5.41, 5.74) is 7.52. The van der Waals surface area contributed by atoms with Gasteiger partial charge in [-0.2, -0.15) is 13.2 Å². The molecule has 0 spiro atoms. The number of ether oxygens (including phenoxy) is 1. The molecule has 42 heavy (non-hydrogen) atoms. The number of hydrogen-bond acceptors (Lipinski definition) is 7. The molecule has 1 aromatic heterocycles. The van der Waals surface area contributed by atoms with E-state index in [0.717, 1.165) is 21.9 Å². The fourth-order valence-electron chi connectivity index (χ4n) is 4.58. The molecule has 1 fully saturated rings. The number of nitrogen functional groups attached to an aromatic ring is 1. The lowest BCUT2D eigenvalue weighted by atomic mass is 10.1. The van der Waals surface area contributed by atoms with E-state index in [0.29, 0.717) is 36.5 Å². The molecule has 3 aromatic carbocycles. The van der Waals surface area contributed by atoms with Gasteiger partial charge in [-0.05, 0) is 41.6 Å². The number of anilines is 1. The molecule has 14 heteroatoms. The van der Waals surface area contributed by atoms with Crippen LogP contribution in [0.1, 0.15) is 12.0 Å². The summed E-state index contributed by atoms with van der Waals surface area (Å²) in [6.07, 6.45) is -4.50. The van der Waals surface area contributed by atoms with E-state index in [9.17, 15) is 26.4 Å². The molecule has 10 nitrogen and oxygen atoms in total. The summed E-state index contributed by atoms with van der Waals surface area (Å²) in [4.78, 5) is 28.1. The Kier molecular flexibility index (Phi) is 8.87. The van der Waals surface area contributed by atoms with Gasteiger partial charge >= 0.3 is 12.1 Å². The summed E-state index contributed by atoms with van der Waals surface area (Å²) in [7, 11) is -2.42. The number of likely N-dealkylation sites (tertiary alicyclic amines) is 1. The Morgan fingerprint density at radius 1 is 1.12 bits per heavy atom. The lowest BCUT2D eigenvalue weighted by Crippen LogP contribution is -2.34. The molecular weight excluding hydrogens is 577 g/mol. The third-order valence-corrected chi connectivity index (χ3v) is 8.11. The van der Waals surface area contributed by atoms with E-state index < -0.39 is 28.1 Å². The molecule has 4 aromatic rings. The maximum absolute atomic E-state index is 13.1. The van der Waals surface area contributed by atoms with Crippen molar-refractivity contribution < 1.29 is 41.0 Å². The summed E-state index contributed by atoms with van der Waals surface area (Å²) in [6, 6.07) is 20.2. The van der Waals surface area contributed by atoms with Gasteiger partial charge in [0, 0.05) is 30.4 Å². The quantitative estimate of drug-likeness (QED) is 0.287. The van der Waals surface area contributed by atoms with E-state index in [1.54, 1.807) is 17.0 Å². The molecule has 1 aliphatic heterocycles. The minimum atomic E-state index is -5.08. The van der Waals surface area contributed by atoms with Gasteiger partial charge in [0.25, 0.3) is 0 Å². The fraction of sp³-hybridized carbons (Fsp3) is 0.250. The lowest BCUT2D eigenvalue weighted by Gasteiger charge is -2.18. The van der Waals surface area contributed by atoms with Crippen LogP contribution in [0.5, 0.6) is 5.75 Å². The zero-order valence-electron chi connectivity index (χ0n) is 22.3. The van der Waals surface area contributed by atoms with E-state index in [2.05, 4.69) is 9.71 Å². The van der Waals surface area contributed by atoms with Crippen LogP contribution in [0.15, 0.2) is 71.6 Å². The van der Waals surface area contributed by atoms with Crippen LogP contribution in [0.25, 0.3) is 21.7 Å². The maximum Gasteiger partial charge on any atom is 0.490 e. The molecule has 222 valence electrons. The first-order chi connectivity index (χ1) is 19.8. The lowest BCUT2D eigenvalue weighted by molar-refractivity contribution is -0.192. The number of sulfonamides is 1. The number of benzene rings is 3. The molecule has 1 amide bonds. The third-order valence-electron chi connectivity index (χ3n) is 6.66. The number of amides is 1. The molecule has 0 bridgehead atoms. The van der Waals surface area contributed by atoms with Crippen molar-refractivity contribution in [3.8, 4) is 5.75 Å². The number of alkyl halides is 3. The topological polar surface area (TPSA) is 152 Å². The van der Waals surface area contributed by atoms with Crippen molar-refractivity contribution in [2.45, 2.75) is 24.0 Å². The number of hydrogen-bond donors (Lipinski definition) is 3. The van der Waals surface area contributed by atoms with Gasteiger partial charge in [0.2, 0.25) is 15.9 Å². The van der Waals surface area contributed by atoms with Crippen molar-refractivity contribution in [2.75, 3.05) is 25.9 Å². The molecule has 1 saturated heterocycles. The number of carbonyl (C=O) groups excluding carboxylic acids is 1. The van der Waals surface area contributed by atoms with Crippen LogP contribution in [0.3, 0.4) is 0 Å². The zero-order chi connectivity index (χ0) is 30.7.